The van der Waals surface area contributed by atoms with E-state index in [1.54, 1.807) is 23.7 Å². The molecule has 1 aliphatic rings. The van der Waals surface area contributed by atoms with Crippen molar-refractivity contribution < 1.29 is 19.2 Å². The SMILES string of the molecule is COCCOC(=O)C1=C(C)Nc2nc(SCc3ccccc3)nn2[C@@H]1c1ccc([N+](=O)[O-])cc1. The van der Waals surface area contributed by atoms with Gasteiger partial charge in [-0.3, -0.25) is 10.1 Å². The van der Waals surface area contributed by atoms with Crippen LogP contribution in [0.25, 0.3) is 0 Å². The minimum absolute atomic E-state index is 0.0412. The van der Waals surface area contributed by atoms with Crippen LogP contribution >= 0.6 is 11.8 Å². The lowest BCUT2D eigenvalue weighted by molar-refractivity contribution is -0.384. The number of allylic oxidation sites excluding steroid dienone is 1. The van der Waals surface area contributed by atoms with Crippen LogP contribution in [0.2, 0.25) is 0 Å². The summed E-state index contributed by atoms with van der Waals surface area (Å²) in [6.07, 6.45) is 0. The van der Waals surface area contributed by atoms with Crippen LogP contribution in [0.5, 0.6) is 0 Å². The first kappa shape index (κ1) is 23.5. The second kappa shape index (κ2) is 10.5. The van der Waals surface area contributed by atoms with Crippen molar-refractivity contribution in [2.24, 2.45) is 0 Å². The van der Waals surface area contributed by atoms with Crippen molar-refractivity contribution in [1.29, 1.82) is 0 Å². The molecule has 34 heavy (non-hydrogen) atoms. The first-order valence-electron chi connectivity index (χ1n) is 10.5. The molecule has 0 fully saturated rings. The number of non-ortho nitro benzene ring substituents is 1. The minimum atomic E-state index is -0.661. The smallest absolute Gasteiger partial charge is 0.338 e. The third-order valence-electron chi connectivity index (χ3n) is 5.20. The molecule has 1 aliphatic heterocycles. The van der Waals surface area contributed by atoms with Crippen LogP contribution in [0, 0.1) is 10.1 Å². The van der Waals surface area contributed by atoms with Gasteiger partial charge in [0.1, 0.15) is 12.6 Å². The Hall–Kier alpha value is -3.70. The lowest BCUT2D eigenvalue weighted by Crippen LogP contribution is -2.30. The number of nitro benzene ring substituents is 1. The highest BCUT2D eigenvalue weighted by Gasteiger charge is 2.35. The van der Waals surface area contributed by atoms with E-state index in [2.05, 4.69) is 15.4 Å². The monoisotopic (exact) mass is 481 g/mol. The van der Waals surface area contributed by atoms with Gasteiger partial charge in [0.25, 0.3) is 5.69 Å². The number of thioether (sulfide) groups is 1. The Kier molecular flexibility index (Phi) is 7.24. The summed E-state index contributed by atoms with van der Waals surface area (Å²) in [5.74, 6) is 0.639. The summed E-state index contributed by atoms with van der Waals surface area (Å²) in [6.45, 7) is 2.13. The van der Waals surface area contributed by atoms with Crippen molar-refractivity contribution in [3.63, 3.8) is 0 Å². The zero-order valence-electron chi connectivity index (χ0n) is 18.6. The number of nitrogens with one attached hydrogen (secondary N) is 1. The van der Waals surface area contributed by atoms with Gasteiger partial charge >= 0.3 is 5.97 Å². The number of esters is 1. The molecule has 0 aliphatic carbocycles. The highest BCUT2D eigenvalue weighted by Crippen LogP contribution is 2.37. The molecule has 2 aromatic carbocycles. The Bertz CT molecular complexity index is 1210. The van der Waals surface area contributed by atoms with Crippen LogP contribution < -0.4 is 5.32 Å². The fraction of sp³-hybridized carbons (Fsp3) is 0.261. The highest BCUT2D eigenvalue weighted by molar-refractivity contribution is 7.98. The maximum atomic E-state index is 13.0. The topological polar surface area (TPSA) is 121 Å². The van der Waals surface area contributed by atoms with Crippen molar-refractivity contribution in [3.05, 3.63) is 87.1 Å². The molecular formula is C23H23N5O5S. The quantitative estimate of drug-likeness (QED) is 0.159. The normalized spacial score (nSPS) is 14.9. The Morgan fingerprint density at radius 2 is 1.91 bits per heavy atom. The van der Waals surface area contributed by atoms with E-state index in [0.717, 1.165) is 5.56 Å². The van der Waals surface area contributed by atoms with Gasteiger partial charge in [-0.05, 0) is 30.2 Å². The Morgan fingerprint density at radius 3 is 2.59 bits per heavy atom. The van der Waals surface area contributed by atoms with Crippen molar-refractivity contribution in [3.8, 4) is 0 Å². The van der Waals surface area contributed by atoms with E-state index in [0.29, 0.717) is 33.7 Å². The summed E-state index contributed by atoms with van der Waals surface area (Å²) in [4.78, 5) is 28.3. The van der Waals surface area contributed by atoms with Crippen LogP contribution in [0.15, 0.2) is 71.0 Å². The number of methoxy groups -OCH3 is 1. The molecule has 0 saturated heterocycles. The van der Waals surface area contributed by atoms with Crippen molar-refractivity contribution in [2.75, 3.05) is 25.6 Å². The molecular weight excluding hydrogens is 458 g/mol. The third-order valence-corrected chi connectivity index (χ3v) is 6.11. The maximum absolute atomic E-state index is 13.0. The number of carbonyl (C=O) groups excluding carboxylic acids is 1. The van der Waals surface area contributed by atoms with Crippen LogP contribution in [0.4, 0.5) is 11.6 Å². The lowest BCUT2D eigenvalue weighted by Gasteiger charge is -2.28. The lowest BCUT2D eigenvalue weighted by atomic mass is 9.95. The summed E-state index contributed by atoms with van der Waals surface area (Å²) in [7, 11) is 1.52. The number of ether oxygens (including phenoxy) is 2. The number of benzene rings is 2. The molecule has 2 heterocycles. The number of carbonyl (C=O) groups is 1. The molecule has 0 amide bonds. The van der Waals surface area contributed by atoms with Gasteiger partial charge in [-0.2, -0.15) is 4.98 Å². The summed E-state index contributed by atoms with van der Waals surface area (Å²) >= 11 is 1.47. The van der Waals surface area contributed by atoms with Gasteiger partial charge in [0.05, 0.1) is 17.1 Å². The largest absolute Gasteiger partial charge is 0.460 e. The average molecular weight is 482 g/mol. The minimum Gasteiger partial charge on any atom is -0.460 e. The number of nitro groups is 1. The standard InChI is InChI=1S/C23H23N5O5S/c1-15-19(21(29)33-13-12-32-2)20(17-8-10-18(11-9-17)28(30)31)27-22(24-15)25-23(26-27)34-14-16-6-4-3-5-7-16/h3-11,20H,12-14H2,1-2H3,(H,24,25,26)/t20-/m1/s1. The molecule has 3 aromatic rings. The van der Waals surface area contributed by atoms with Gasteiger partial charge in [0, 0.05) is 30.7 Å². The Morgan fingerprint density at radius 1 is 1.18 bits per heavy atom. The second-order valence-corrected chi connectivity index (χ2v) is 8.42. The highest BCUT2D eigenvalue weighted by atomic mass is 32.2. The molecule has 0 saturated carbocycles. The molecule has 1 atom stereocenters. The van der Waals surface area contributed by atoms with Gasteiger partial charge in [-0.1, -0.05) is 42.1 Å². The number of anilines is 1. The number of hydrogen-bond acceptors (Lipinski definition) is 9. The average Bonchev–Trinajstić information content (AvgIpc) is 3.25. The van der Waals surface area contributed by atoms with E-state index >= 15 is 0 Å². The van der Waals surface area contributed by atoms with Crippen molar-refractivity contribution >= 4 is 29.4 Å². The first-order chi connectivity index (χ1) is 16.5. The van der Waals surface area contributed by atoms with Crippen molar-refractivity contribution in [2.45, 2.75) is 23.9 Å². The van der Waals surface area contributed by atoms with Crippen LogP contribution in [0.3, 0.4) is 0 Å². The van der Waals surface area contributed by atoms with E-state index in [1.165, 1.54) is 31.0 Å². The van der Waals surface area contributed by atoms with Gasteiger partial charge in [0.2, 0.25) is 11.1 Å². The fourth-order valence-corrected chi connectivity index (χ4v) is 4.35. The molecule has 0 unspecified atom stereocenters. The predicted octanol–water partition coefficient (Wildman–Crippen LogP) is 3.96. The molecule has 10 nitrogen and oxygen atoms in total. The summed E-state index contributed by atoms with van der Waals surface area (Å²) in [6, 6.07) is 15.3. The molecule has 11 heteroatoms. The van der Waals surface area contributed by atoms with E-state index in [4.69, 9.17) is 9.47 Å². The summed E-state index contributed by atoms with van der Waals surface area (Å²) < 4.78 is 12.0. The number of rotatable bonds is 9. The van der Waals surface area contributed by atoms with Gasteiger partial charge in [-0.25, -0.2) is 9.48 Å². The van der Waals surface area contributed by atoms with Crippen LogP contribution in [-0.2, 0) is 20.0 Å². The van der Waals surface area contributed by atoms with Crippen molar-refractivity contribution in [1.82, 2.24) is 14.8 Å². The fourth-order valence-electron chi connectivity index (χ4n) is 3.56. The second-order valence-electron chi connectivity index (χ2n) is 7.48. The number of fused-ring (bicyclic) bond motifs is 1. The van der Waals surface area contributed by atoms with E-state index in [9.17, 15) is 14.9 Å². The van der Waals surface area contributed by atoms with Crippen LogP contribution in [-0.4, -0.2) is 46.0 Å². The molecule has 1 N–H and O–H groups in total. The molecule has 0 bridgehead atoms. The van der Waals surface area contributed by atoms with E-state index in [1.807, 2.05) is 30.3 Å². The van der Waals surface area contributed by atoms with Gasteiger partial charge in [0.15, 0.2) is 0 Å². The molecule has 1 aromatic heterocycles. The van der Waals surface area contributed by atoms with Gasteiger partial charge in [-0.15, -0.1) is 5.10 Å². The number of aromatic nitrogens is 3. The van der Waals surface area contributed by atoms with E-state index in [-0.39, 0.29) is 18.9 Å². The van der Waals surface area contributed by atoms with Gasteiger partial charge < -0.3 is 14.8 Å². The maximum Gasteiger partial charge on any atom is 0.338 e. The molecule has 0 spiro atoms. The zero-order chi connectivity index (χ0) is 24.1. The predicted molar refractivity (Wildman–Crippen MR) is 126 cm³/mol. The summed E-state index contributed by atoms with van der Waals surface area (Å²) in [5, 5.41) is 19.5. The molecule has 0 radical (unpaired) electrons. The molecule has 4 rings (SSSR count). The van der Waals surface area contributed by atoms with E-state index < -0.39 is 16.9 Å². The Labute approximate surface area is 200 Å². The Balaban J connectivity index is 1.68. The first-order valence-corrected chi connectivity index (χ1v) is 11.5. The summed E-state index contributed by atoms with van der Waals surface area (Å²) in [5.41, 5.74) is 2.67. The zero-order valence-corrected chi connectivity index (χ0v) is 19.4. The number of hydrogen-bond donors (Lipinski definition) is 1. The number of nitrogens with zero attached hydrogens (tertiary/aromatic N) is 4. The van der Waals surface area contributed by atoms with Crippen LogP contribution in [0.1, 0.15) is 24.1 Å². The molecule has 176 valence electrons. The third kappa shape index (κ3) is 5.10.